The van der Waals surface area contributed by atoms with Crippen molar-refractivity contribution in [2.24, 2.45) is 5.10 Å². The van der Waals surface area contributed by atoms with Crippen molar-refractivity contribution in [1.82, 2.24) is 0 Å². The molecule has 0 saturated carbocycles. The Morgan fingerprint density at radius 2 is 1.47 bits per heavy atom. The van der Waals surface area contributed by atoms with E-state index in [1.54, 1.807) is 28.4 Å². The fourth-order valence-electron chi connectivity index (χ4n) is 3.96. The topological polar surface area (TPSA) is 52.5 Å². The van der Waals surface area contributed by atoms with Crippen LogP contribution in [0.2, 0.25) is 5.02 Å². The van der Waals surface area contributed by atoms with Gasteiger partial charge in [0.2, 0.25) is 0 Å². The van der Waals surface area contributed by atoms with Gasteiger partial charge >= 0.3 is 0 Å². The first kappa shape index (κ1) is 23.5. The first-order chi connectivity index (χ1) is 16.6. The molecular formula is C27H27ClN2O4. The lowest BCUT2D eigenvalue weighted by Crippen LogP contribution is -2.18. The number of hydrogen-bond acceptors (Lipinski definition) is 6. The van der Waals surface area contributed by atoms with E-state index in [0.29, 0.717) is 34.4 Å². The van der Waals surface area contributed by atoms with Gasteiger partial charge in [0.05, 0.1) is 45.9 Å². The zero-order chi connectivity index (χ0) is 24.1. The number of rotatable bonds is 8. The van der Waals surface area contributed by atoms with Crippen LogP contribution in [0.3, 0.4) is 0 Å². The summed E-state index contributed by atoms with van der Waals surface area (Å²) in [6.45, 7) is 0. The van der Waals surface area contributed by atoms with Gasteiger partial charge in [-0.1, -0.05) is 35.9 Å². The van der Waals surface area contributed by atoms with Crippen molar-refractivity contribution in [3.05, 3.63) is 82.9 Å². The maximum atomic E-state index is 6.29. The molecule has 1 heterocycles. The Morgan fingerprint density at radius 3 is 2.15 bits per heavy atom. The summed E-state index contributed by atoms with van der Waals surface area (Å²) < 4.78 is 21.7. The molecule has 0 unspecified atom stereocenters. The second kappa shape index (κ2) is 10.5. The quantitative estimate of drug-likeness (QED) is 0.375. The van der Waals surface area contributed by atoms with Crippen molar-refractivity contribution in [2.45, 2.75) is 12.5 Å². The van der Waals surface area contributed by atoms with Gasteiger partial charge in [-0.25, -0.2) is 0 Å². The van der Waals surface area contributed by atoms with E-state index in [2.05, 4.69) is 0 Å². The summed E-state index contributed by atoms with van der Waals surface area (Å²) in [5.74, 6) is 2.74. The highest BCUT2D eigenvalue weighted by atomic mass is 35.5. The summed E-state index contributed by atoms with van der Waals surface area (Å²) >= 11 is 6.29. The first-order valence-corrected chi connectivity index (χ1v) is 11.2. The molecule has 1 atom stereocenters. The summed E-state index contributed by atoms with van der Waals surface area (Å²) in [6.07, 6.45) is 4.76. The van der Waals surface area contributed by atoms with Gasteiger partial charge in [0.15, 0.2) is 23.0 Å². The van der Waals surface area contributed by atoms with E-state index in [9.17, 15) is 0 Å². The summed E-state index contributed by atoms with van der Waals surface area (Å²) in [4.78, 5) is 0. The number of benzene rings is 3. The molecule has 0 N–H and O–H groups in total. The number of anilines is 1. The number of hydrogen-bond donors (Lipinski definition) is 0. The molecule has 1 aliphatic rings. The van der Waals surface area contributed by atoms with E-state index in [-0.39, 0.29) is 6.04 Å². The minimum atomic E-state index is -0.0247. The van der Waals surface area contributed by atoms with Crippen LogP contribution in [0.1, 0.15) is 23.6 Å². The normalized spacial score (nSPS) is 15.4. The van der Waals surface area contributed by atoms with Gasteiger partial charge in [-0.3, -0.25) is 5.01 Å². The predicted octanol–water partition coefficient (Wildman–Crippen LogP) is 6.40. The van der Waals surface area contributed by atoms with Crippen LogP contribution in [0.4, 0.5) is 5.69 Å². The van der Waals surface area contributed by atoms with Gasteiger partial charge < -0.3 is 18.9 Å². The smallest absolute Gasteiger partial charge is 0.161 e. The Labute approximate surface area is 205 Å². The Morgan fingerprint density at radius 1 is 0.794 bits per heavy atom. The van der Waals surface area contributed by atoms with E-state index in [4.69, 9.17) is 35.6 Å². The lowest BCUT2D eigenvalue weighted by atomic mass is 10.00. The van der Waals surface area contributed by atoms with Crippen molar-refractivity contribution in [1.29, 1.82) is 0 Å². The third-order valence-corrected chi connectivity index (χ3v) is 5.91. The molecule has 3 aromatic carbocycles. The molecule has 34 heavy (non-hydrogen) atoms. The van der Waals surface area contributed by atoms with Gasteiger partial charge in [0, 0.05) is 11.4 Å². The zero-order valence-electron chi connectivity index (χ0n) is 19.6. The minimum Gasteiger partial charge on any atom is -0.493 e. The molecular weight excluding hydrogens is 452 g/mol. The third kappa shape index (κ3) is 4.97. The predicted molar refractivity (Wildman–Crippen MR) is 137 cm³/mol. The van der Waals surface area contributed by atoms with Crippen LogP contribution in [0.15, 0.2) is 71.8 Å². The van der Waals surface area contributed by atoms with Crippen molar-refractivity contribution < 1.29 is 18.9 Å². The summed E-state index contributed by atoms with van der Waals surface area (Å²) in [5.41, 5.74) is 3.91. The molecule has 0 bridgehead atoms. The molecule has 6 nitrogen and oxygen atoms in total. The van der Waals surface area contributed by atoms with Crippen LogP contribution < -0.4 is 24.0 Å². The molecule has 0 fully saturated rings. The van der Waals surface area contributed by atoms with E-state index < -0.39 is 0 Å². The van der Waals surface area contributed by atoms with Crippen LogP contribution in [-0.2, 0) is 0 Å². The second-order valence-electron chi connectivity index (χ2n) is 7.70. The lowest BCUT2D eigenvalue weighted by molar-refractivity contribution is 0.354. The van der Waals surface area contributed by atoms with Crippen molar-refractivity contribution in [3.63, 3.8) is 0 Å². The van der Waals surface area contributed by atoms with Crippen LogP contribution >= 0.6 is 11.6 Å². The molecule has 0 aromatic heterocycles. The van der Waals surface area contributed by atoms with Gasteiger partial charge in [-0.05, 0) is 59.7 Å². The number of halogens is 1. The van der Waals surface area contributed by atoms with E-state index >= 15 is 0 Å². The minimum absolute atomic E-state index is 0.0247. The van der Waals surface area contributed by atoms with E-state index in [1.807, 2.05) is 77.8 Å². The lowest BCUT2D eigenvalue weighted by Gasteiger charge is -2.24. The number of allylic oxidation sites excluding steroid dienone is 1. The Kier molecular flexibility index (Phi) is 7.28. The molecule has 3 aromatic rings. The molecule has 176 valence electrons. The number of nitrogens with zero attached hydrogens (tertiary/aromatic N) is 2. The molecule has 7 heteroatoms. The first-order valence-electron chi connectivity index (χ1n) is 10.8. The zero-order valence-corrected chi connectivity index (χ0v) is 20.4. The molecule has 4 rings (SSSR count). The number of ether oxygens (including phenoxy) is 4. The highest BCUT2D eigenvalue weighted by Crippen LogP contribution is 2.39. The van der Waals surface area contributed by atoms with Crippen LogP contribution in [0, 0.1) is 0 Å². The summed E-state index contributed by atoms with van der Waals surface area (Å²) in [5, 5.41) is 7.58. The maximum absolute atomic E-state index is 6.29. The van der Waals surface area contributed by atoms with Crippen LogP contribution in [-0.4, -0.2) is 34.2 Å². The monoisotopic (exact) mass is 478 g/mol. The van der Waals surface area contributed by atoms with E-state index in [1.165, 1.54) is 0 Å². The summed E-state index contributed by atoms with van der Waals surface area (Å²) in [7, 11) is 6.52. The highest BCUT2D eigenvalue weighted by molar-refractivity contribution is 6.30. The average Bonchev–Trinajstić information content (AvgIpc) is 3.31. The number of hydrazone groups is 1. The molecule has 0 spiro atoms. The van der Waals surface area contributed by atoms with E-state index in [0.717, 1.165) is 22.5 Å². The van der Waals surface area contributed by atoms with Crippen molar-refractivity contribution >= 4 is 29.1 Å². The fraction of sp³-hybridized carbons (Fsp3) is 0.222. The van der Waals surface area contributed by atoms with Gasteiger partial charge in [0.25, 0.3) is 0 Å². The largest absolute Gasteiger partial charge is 0.493 e. The van der Waals surface area contributed by atoms with Gasteiger partial charge in [0.1, 0.15) is 0 Å². The molecule has 0 radical (unpaired) electrons. The van der Waals surface area contributed by atoms with Crippen LogP contribution in [0.5, 0.6) is 23.0 Å². The SMILES string of the molecule is COc1ccc(/C=C/C2=NN(c3cccc(Cl)c3)[C@@H](c3ccc(OC)c(OC)c3)C2)cc1OC. The van der Waals surface area contributed by atoms with Crippen molar-refractivity contribution in [2.75, 3.05) is 33.4 Å². The van der Waals surface area contributed by atoms with Crippen molar-refractivity contribution in [3.8, 4) is 23.0 Å². The standard InChI is InChI=1S/C27H27ClN2O4/c1-31-24-12-9-18(14-26(24)33-3)8-11-21-17-23(19-10-13-25(32-2)27(15-19)34-4)30(29-21)22-7-5-6-20(28)16-22/h5-16,23H,17H2,1-4H3/b11-8+/t23-/m1/s1. The maximum Gasteiger partial charge on any atom is 0.161 e. The molecule has 0 aliphatic carbocycles. The second-order valence-corrected chi connectivity index (χ2v) is 8.13. The fourth-order valence-corrected chi connectivity index (χ4v) is 4.14. The Balaban J connectivity index is 1.67. The Hall–Kier alpha value is -3.64. The van der Waals surface area contributed by atoms with Crippen LogP contribution in [0.25, 0.3) is 6.08 Å². The average molecular weight is 479 g/mol. The summed E-state index contributed by atoms with van der Waals surface area (Å²) in [6, 6.07) is 19.4. The van der Waals surface area contributed by atoms with Gasteiger partial charge in [-0.15, -0.1) is 0 Å². The molecule has 0 saturated heterocycles. The molecule has 1 aliphatic heterocycles. The highest BCUT2D eigenvalue weighted by Gasteiger charge is 2.29. The molecule has 0 amide bonds. The number of methoxy groups -OCH3 is 4. The Bertz CT molecular complexity index is 1230. The third-order valence-electron chi connectivity index (χ3n) is 5.67. The van der Waals surface area contributed by atoms with Gasteiger partial charge in [-0.2, -0.15) is 5.10 Å².